The molecule has 0 saturated heterocycles. The first kappa shape index (κ1) is 15.3. The molecule has 5 nitrogen and oxygen atoms in total. The van der Waals surface area contributed by atoms with Gasteiger partial charge >= 0.3 is 0 Å². The van der Waals surface area contributed by atoms with Crippen LogP contribution in [-0.2, 0) is 17.6 Å². The van der Waals surface area contributed by atoms with E-state index >= 15 is 0 Å². The van der Waals surface area contributed by atoms with Crippen LogP contribution in [0.5, 0.6) is 0 Å². The first-order chi connectivity index (χ1) is 10.6. The number of aromatic nitrogens is 2. The van der Waals surface area contributed by atoms with Gasteiger partial charge in [0.25, 0.3) is 0 Å². The normalized spacial score (nSPS) is 18.6. The van der Waals surface area contributed by atoms with Gasteiger partial charge in [-0.3, -0.25) is 0 Å². The molecule has 1 aromatic heterocycles. The predicted octanol–water partition coefficient (Wildman–Crippen LogP) is 2.96. The molecule has 1 aromatic rings. The molecule has 2 N–H and O–H groups in total. The highest BCUT2D eigenvalue weighted by Crippen LogP contribution is 2.31. The van der Waals surface area contributed by atoms with Crippen LogP contribution in [0.3, 0.4) is 0 Å². The quantitative estimate of drug-likeness (QED) is 0.819. The summed E-state index contributed by atoms with van der Waals surface area (Å²) in [6.45, 7) is 4.85. The molecule has 0 amide bonds. The Bertz CT molecular complexity index is 550. The number of aryl methyl sites for hydroxylation is 1. The number of carbonyl (C=O) groups excluding carboxylic acids is 1. The Morgan fingerprint density at radius 2 is 2.05 bits per heavy atom. The van der Waals surface area contributed by atoms with Crippen LogP contribution < -0.4 is 10.6 Å². The third kappa shape index (κ3) is 3.39. The molecule has 3 rings (SSSR count). The number of carbonyl (C=O) groups is 1. The van der Waals surface area contributed by atoms with Gasteiger partial charge in [-0.1, -0.05) is 26.7 Å². The Hall–Kier alpha value is -1.65. The SMILES string of the molecule is CC(C)(C=O)Cc1nc2c(c(NC3CCCC3)n1)NCCC2. The Morgan fingerprint density at radius 1 is 1.27 bits per heavy atom. The molecule has 5 heteroatoms. The van der Waals surface area contributed by atoms with E-state index < -0.39 is 5.41 Å². The molecule has 120 valence electrons. The van der Waals surface area contributed by atoms with Crippen LogP contribution in [0.4, 0.5) is 11.5 Å². The largest absolute Gasteiger partial charge is 0.381 e. The Balaban J connectivity index is 1.89. The van der Waals surface area contributed by atoms with Crippen molar-refractivity contribution < 1.29 is 4.79 Å². The fourth-order valence-corrected chi connectivity index (χ4v) is 3.29. The molecule has 0 spiro atoms. The summed E-state index contributed by atoms with van der Waals surface area (Å²) in [4.78, 5) is 20.6. The maximum absolute atomic E-state index is 11.2. The number of fused-ring (bicyclic) bond motifs is 1. The molecule has 2 aliphatic rings. The number of nitrogens with one attached hydrogen (secondary N) is 2. The lowest BCUT2D eigenvalue weighted by Crippen LogP contribution is -2.24. The van der Waals surface area contributed by atoms with E-state index in [9.17, 15) is 4.79 Å². The van der Waals surface area contributed by atoms with Gasteiger partial charge in [0.15, 0.2) is 5.82 Å². The molecule has 0 unspecified atom stereocenters. The minimum absolute atomic E-state index is 0.416. The van der Waals surface area contributed by atoms with Crippen LogP contribution in [0.2, 0.25) is 0 Å². The molecule has 1 fully saturated rings. The van der Waals surface area contributed by atoms with Crippen molar-refractivity contribution in [2.75, 3.05) is 17.2 Å². The van der Waals surface area contributed by atoms with E-state index in [1.54, 1.807) is 0 Å². The first-order valence-corrected chi connectivity index (χ1v) is 8.44. The predicted molar refractivity (Wildman–Crippen MR) is 88.3 cm³/mol. The number of hydrogen-bond donors (Lipinski definition) is 2. The molecule has 0 aromatic carbocycles. The summed E-state index contributed by atoms with van der Waals surface area (Å²) in [6.07, 6.45) is 8.69. The second-order valence-corrected chi connectivity index (χ2v) is 7.25. The summed E-state index contributed by atoms with van der Waals surface area (Å²) in [6, 6.07) is 0.523. The Morgan fingerprint density at radius 3 is 2.77 bits per heavy atom. The molecule has 1 aliphatic carbocycles. The van der Waals surface area contributed by atoms with Crippen molar-refractivity contribution in [3.63, 3.8) is 0 Å². The van der Waals surface area contributed by atoms with Crippen LogP contribution in [-0.4, -0.2) is 28.8 Å². The Kier molecular flexibility index (Phi) is 4.32. The van der Waals surface area contributed by atoms with Gasteiger partial charge in [0.2, 0.25) is 0 Å². The molecule has 2 heterocycles. The second kappa shape index (κ2) is 6.23. The zero-order valence-electron chi connectivity index (χ0n) is 13.6. The minimum atomic E-state index is -0.416. The lowest BCUT2D eigenvalue weighted by Gasteiger charge is -2.24. The maximum Gasteiger partial charge on any atom is 0.153 e. The van der Waals surface area contributed by atoms with E-state index in [-0.39, 0.29) is 0 Å². The van der Waals surface area contributed by atoms with Gasteiger partial charge in [-0.25, -0.2) is 9.97 Å². The van der Waals surface area contributed by atoms with Crippen LogP contribution in [0.15, 0.2) is 0 Å². The van der Waals surface area contributed by atoms with Crippen molar-refractivity contribution in [3.05, 3.63) is 11.5 Å². The van der Waals surface area contributed by atoms with E-state index in [2.05, 4.69) is 10.6 Å². The topological polar surface area (TPSA) is 66.9 Å². The summed E-state index contributed by atoms with van der Waals surface area (Å²) < 4.78 is 0. The van der Waals surface area contributed by atoms with Crippen LogP contribution in [0.1, 0.15) is 57.5 Å². The lowest BCUT2D eigenvalue weighted by molar-refractivity contribution is -0.114. The molecule has 0 atom stereocenters. The van der Waals surface area contributed by atoms with Crippen molar-refractivity contribution in [3.8, 4) is 0 Å². The standard InChI is InChI=1S/C17H26N4O/c1-17(2,11-22)10-14-20-13-8-5-9-18-15(13)16(21-14)19-12-6-3-4-7-12/h11-12,18H,3-10H2,1-2H3,(H,19,20,21). The molecular formula is C17H26N4O. The van der Waals surface area contributed by atoms with Gasteiger partial charge in [-0.2, -0.15) is 0 Å². The van der Waals surface area contributed by atoms with Gasteiger partial charge in [-0.05, 0) is 25.7 Å². The second-order valence-electron chi connectivity index (χ2n) is 7.25. The van der Waals surface area contributed by atoms with Gasteiger partial charge in [0.05, 0.1) is 11.4 Å². The summed E-state index contributed by atoms with van der Waals surface area (Å²) in [5.74, 6) is 1.72. The van der Waals surface area contributed by atoms with Crippen molar-refractivity contribution in [1.82, 2.24) is 9.97 Å². The third-order valence-electron chi connectivity index (χ3n) is 4.55. The lowest BCUT2D eigenvalue weighted by atomic mass is 9.91. The average molecular weight is 302 g/mol. The molecule has 22 heavy (non-hydrogen) atoms. The Labute approximate surface area is 132 Å². The van der Waals surface area contributed by atoms with Gasteiger partial charge in [0.1, 0.15) is 12.1 Å². The number of aldehydes is 1. The molecule has 1 aliphatic heterocycles. The van der Waals surface area contributed by atoms with E-state index in [4.69, 9.17) is 9.97 Å². The van der Waals surface area contributed by atoms with E-state index in [1.807, 2.05) is 13.8 Å². The smallest absolute Gasteiger partial charge is 0.153 e. The first-order valence-electron chi connectivity index (χ1n) is 8.44. The van der Waals surface area contributed by atoms with Crippen LogP contribution >= 0.6 is 0 Å². The van der Waals surface area contributed by atoms with Crippen LogP contribution in [0.25, 0.3) is 0 Å². The number of nitrogens with zero attached hydrogens (tertiary/aromatic N) is 2. The molecule has 0 radical (unpaired) electrons. The zero-order valence-corrected chi connectivity index (χ0v) is 13.6. The van der Waals surface area contributed by atoms with E-state index in [1.165, 1.54) is 25.7 Å². The molecular weight excluding hydrogens is 276 g/mol. The fourth-order valence-electron chi connectivity index (χ4n) is 3.29. The van der Waals surface area contributed by atoms with Crippen LogP contribution in [0, 0.1) is 5.41 Å². The summed E-state index contributed by atoms with van der Waals surface area (Å²) >= 11 is 0. The number of anilines is 2. The van der Waals surface area contributed by atoms with Gasteiger partial charge in [-0.15, -0.1) is 0 Å². The summed E-state index contributed by atoms with van der Waals surface area (Å²) in [5.41, 5.74) is 1.75. The molecule has 1 saturated carbocycles. The van der Waals surface area contributed by atoms with Crippen molar-refractivity contribution in [2.24, 2.45) is 5.41 Å². The maximum atomic E-state index is 11.2. The van der Waals surface area contributed by atoms with Gasteiger partial charge < -0.3 is 15.4 Å². The van der Waals surface area contributed by atoms with E-state index in [0.717, 1.165) is 48.7 Å². The fraction of sp³-hybridized carbons (Fsp3) is 0.706. The highest BCUT2D eigenvalue weighted by Gasteiger charge is 2.24. The van der Waals surface area contributed by atoms with Gasteiger partial charge in [0, 0.05) is 24.4 Å². The monoisotopic (exact) mass is 302 g/mol. The average Bonchev–Trinajstić information content (AvgIpc) is 3.00. The van der Waals surface area contributed by atoms with Crippen molar-refractivity contribution >= 4 is 17.8 Å². The minimum Gasteiger partial charge on any atom is -0.381 e. The number of rotatable bonds is 5. The highest BCUT2D eigenvalue weighted by molar-refractivity contribution is 5.68. The zero-order chi connectivity index (χ0) is 15.6. The van der Waals surface area contributed by atoms with Crippen molar-refractivity contribution in [1.29, 1.82) is 0 Å². The number of hydrogen-bond acceptors (Lipinski definition) is 5. The third-order valence-corrected chi connectivity index (χ3v) is 4.55. The summed E-state index contributed by atoms with van der Waals surface area (Å²) in [5, 5.41) is 7.06. The van der Waals surface area contributed by atoms with Crippen molar-refractivity contribution in [2.45, 2.75) is 64.8 Å². The summed E-state index contributed by atoms with van der Waals surface area (Å²) in [7, 11) is 0. The van der Waals surface area contributed by atoms with E-state index in [0.29, 0.717) is 12.5 Å². The highest BCUT2D eigenvalue weighted by atomic mass is 16.1. The molecule has 0 bridgehead atoms.